The zero-order valence-corrected chi connectivity index (χ0v) is 15.1. The first-order chi connectivity index (χ1) is 11.5. The van der Waals surface area contributed by atoms with E-state index in [0.717, 1.165) is 44.6 Å². The fourth-order valence-electron chi connectivity index (χ4n) is 8.22. The predicted molar refractivity (Wildman–Crippen MR) is 90.4 cm³/mol. The van der Waals surface area contributed by atoms with Crippen molar-refractivity contribution in [2.24, 2.45) is 40.4 Å². The Labute approximate surface area is 144 Å². The van der Waals surface area contributed by atoms with E-state index in [-0.39, 0.29) is 16.7 Å². The van der Waals surface area contributed by atoms with Gasteiger partial charge in [0.05, 0.1) is 12.7 Å². The highest BCUT2D eigenvalue weighted by atomic mass is 16.5. The molecule has 8 atom stereocenters. The van der Waals surface area contributed by atoms with Gasteiger partial charge in [-0.05, 0) is 74.5 Å². The molecule has 4 saturated carbocycles. The maximum Gasteiger partial charge on any atom is 0.133 e. The lowest BCUT2D eigenvalue weighted by Gasteiger charge is -2.59. The van der Waals surface area contributed by atoms with Crippen LogP contribution in [0.1, 0.15) is 65.2 Å². The molecule has 0 radical (unpaired) electrons. The first-order valence-electron chi connectivity index (χ1n) is 10.1. The molecule has 4 aliphatic carbocycles. The summed E-state index contributed by atoms with van der Waals surface area (Å²) in [6.45, 7) is 5.08. The van der Waals surface area contributed by atoms with Gasteiger partial charge in [-0.1, -0.05) is 6.92 Å². The minimum atomic E-state index is 0.158. The molecule has 1 heterocycles. The quantitative estimate of drug-likeness (QED) is 0.734. The second-order valence-corrected chi connectivity index (χ2v) is 9.85. The number of hydrogen-bond donors (Lipinski definition) is 0. The second kappa shape index (κ2) is 4.93. The first kappa shape index (κ1) is 15.5. The van der Waals surface area contributed by atoms with Crippen LogP contribution >= 0.6 is 0 Å². The van der Waals surface area contributed by atoms with Gasteiger partial charge >= 0.3 is 0 Å². The number of carbonyl (C=O) groups is 2. The average molecular weight is 330 g/mol. The van der Waals surface area contributed by atoms with Crippen LogP contribution in [0.15, 0.2) is 0 Å². The summed E-state index contributed by atoms with van der Waals surface area (Å²) in [4.78, 5) is 24.3. The normalized spacial score (nSPS) is 55.7. The predicted octanol–water partition coefficient (Wildman–Crippen LogP) is 3.79. The molecular weight excluding hydrogens is 300 g/mol. The van der Waals surface area contributed by atoms with E-state index in [0.29, 0.717) is 35.4 Å². The van der Waals surface area contributed by atoms with Crippen molar-refractivity contribution in [1.29, 1.82) is 0 Å². The zero-order chi connectivity index (χ0) is 16.7. The average Bonchev–Trinajstić information content (AvgIpc) is 3.10. The Morgan fingerprint density at radius 2 is 2.04 bits per heavy atom. The van der Waals surface area contributed by atoms with Crippen molar-refractivity contribution >= 4 is 11.6 Å². The summed E-state index contributed by atoms with van der Waals surface area (Å²) in [7, 11) is 0. The Hall–Kier alpha value is -0.700. The lowest BCUT2D eigenvalue weighted by atomic mass is 9.44. The van der Waals surface area contributed by atoms with E-state index in [1.807, 2.05) is 0 Å². The standard InChI is InChI=1S/C21H30O3/c1-12(22)16-5-6-17-15-4-3-13-9-14(23)7-8-20(13,2)19(15)18-10-21(16,17)11-24-18/h13,15-19H,3-11H2,1-2H3/t13-,15+,16-,17+,18+,19-,20+,21+/m1/s1. The van der Waals surface area contributed by atoms with Gasteiger partial charge in [0.2, 0.25) is 0 Å². The topological polar surface area (TPSA) is 43.4 Å². The van der Waals surface area contributed by atoms with Crippen LogP contribution in [0.2, 0.25) is 0 Å². The fourth-order valence-corrected chi connectivity index (χ4v) is 8.22. The van der Waals surface area contributed by atoms with Crippen molar-refractivity contribution in [2.45, 2.75) is 71.3 Å². The van der Waals surface area contributed by atoms with Crippen molar-refractivity contribution in [3.8, 4) is 0 Å². The van der Waals surface area contributed by atoms with Gasteiger partial charge < -0.3 is 4.74 Å². The van der Waals surface area contributed by atoms with E-state index in [1.165, 1.54) is 19.3 Å². The van der Waals surface area contributed by atoms with Crippen molar-refractivity contribution in [3.63, 3.8) is 0 Å². The molecule has 1 saturated heterocycles. The lowest BCUT2D eigenvalue weighted by Crippen LogP contribution is -2.57. The van der Waals surface area contributed by atoms with Crippen LogP contribution in [0.3, 0.4) is 0 Å². The highest BCUT2D eigenvalue weighted by Gasteiger charge is 2.68. The smallest absolute Gasteiger partial charge is 0.133 e. The summed E-state index contributed by atoms with van der Waals surface area (Å²) in [5, 5.41) is 0. The zero-order valence-electron chi connectivity index (χ0n) is 15.1. The summed E-state index contributed by atoms with van der Waals surface area (Å²) in [6.07, 6.45) is 8.87. The van der Waals surface area contributed by atoms with Gasteiger partial charge in [-0.2, -0.15) is 0 Å². The van der Waals surface area contributed by atoms with Gasteiger partial charge in [-0.3, -0.25) is 9.59 Å². The third-order valence-corrected chi connectivity index (χ3v) is 9.17. The molecule has 5 rings (SSSR count). The van der Waals surface area contributed by atoms with E-state index < -0.39 is 0 Å². The van der Waals surface area contributed by atoms with Gasteiger partial charge in [0.25, 0.3) is 0 Å². The summed E-state index contributed by atoms with van der Waals surface area (Å²) < 4.78 is 6.44. The Morgan fingerprint density at radius 1 is 1.21 bits per heavy atom. The van der Waals surface area contributed by atoms with Crippen LogP contribution in [-0.4, -0.2) is 24.3 Å². The second-order valence-electron chi connectivity index (χ2n) is 9.85. The van der Waals surface area contributed by atoms with Crippen molar-refractivity contribution in [1.82, 2.24) is 0 Å². The van der Waals surface area contributed by atoms with Crippen LogP contribution in [0, 0.1) is 40.4 Å². The molecular formula is C21H30O3. The minimum Gasteiger partial charge on any atom is -0.377 e. The molecule has 0 N–H and O–H groups in total. The third kappa shape index (κ3) is 1.78. The third-order valence-electron chi connectivity index (χ3n) is 9.17. The maximum atomic E-state index is 12.3. The van der Waals surface area contributed by atoms with Crippen molar-refractivity contribution in [2.75, 3.05) is 6.61 Å². The number of ketones is 2. The molecule has 0 aromatic carbocycles. The number of ether oxygens (including phenoxy) is 1. The largest absolute Gasteiger partial charge is 0.377 e. The van der Waals surface area contributed by atoms with Crippen molar-refractivity contribution < 1.29 is 14.3 Å². The van der Waals surface area contributed by atoms with Gasteiger partial charge in [0.15, 0.2) is 0 Å². The van der Waals surface area contributed by atoms with Gasteiger partial charge in [-0.15, -0.1) is 0 Å². The van der Waals surface area contributed by atoms with E-state index in [4.69, 9.17) is 4.74 Å². The highest BCUT2D eigenvalue weighted by molar-refractivity contribution is 5.80. The van der Waals surface area contributed by atoms with Gasteiger partial charge in [-0.25, -0.2) is 0 Å². The molecule has 0 unspecified atom stereocenters. The Bertz CT molecular complexity index is 598. The van der Waals surface area contributed by atoms with E-state index in [1.54, 1.807) is 6.92 Å². The number of Topliss-reactive ketones (excluding diaryl/α,β-unsaturated/α-hetero) is 2. The number of fused-ring (bicyclic) bond motifs is 6. The molecule has 0 aromatic heterocycles. The minimum absolute atomic E-state index is 0.158. The number of carbonyl (C=O) groups excluding carboxylic acids is 2. The summed E-state index contributed by atoms with van der Waals surface area (Å²) in [5.41, 5.74) is 0.442. The molecule has 24 heavy (non-hydrogen) atoms. The van der Waals surface area contributed by atoms with E-state index in [9.17, 15) is 9.59 Å². The summed E-state index contributed by atoms with van der Waals surface area (Å²) in [6, 6.07) is 0. The highest BCUT2D eigenvalue weighted by Crippen LogP contribution is 2.70. The van der Waals surface area contributed by atoms with Crippen molar-refractivity contribution in [3.05, 3.63) is 0 Å². The van der Waals surface area contributed by atoms with Gasteiger partial charge in [0.1, 0.15) is 11.6 Å². The molecule has 5 fully saturated rings. The number of rotatable bonds is 1. The molecule has 3 heteroatoms. The van der Waals surface area contributed by atoms with E-state index in [2.05, 4.69) is 6.92 Å². The fraction of sp³-hybridized carbons (Fsp3) is 0.905. The molecule has 0 amide bonds. The van der Waals surface area contributed by atoms with Crippen LogP contribution < -0.4 is 0 Å². The molecule has 3 nitrogen and oxygen atoms in total. The Morgan fingerprint density at radius 3 is 2.83 bits per heavy atom. The summed E-state index contributed by atoms with van der Waals surface area (Å²) in [5.74, 6) is 3.72. The molecule has 1 aliphatic heterocycles. The first-order valence-corrected chi connectivity index (χ1v) is 10.1. The number of hydrogen-bond acceptors (Lipinski definition) is 3. The molecule has 2 bridgehead atoms. The molecule has 1 spiro atoms. The SMILES string of the molecule is CC(=O)[C@H]1CC[C@H]2[C@@H]3CC[C@@H]4CC(=O)CC[C@]4(C)[C@H]3[C@@H]3C[C@]12CO3. The molecule has 132 valence electrons. The van der Waals surface area contributed by atoms with Crippen LogP contribution in [0.4, 0.5) is 0 Å². The Balaban J connectivity index is 1.53. The molecule has 0 aromatic rings. The maximum absolute atomic E-state index is 12.3. The monoisotopic (exact) mass is 330 g/mol. The van der Waals surface area contributed by atoms with Crippen LogP contribution in [0.25, 0.3) is 0 Å². The Kier molecular flexibility index (Phi) is 3.19. The van der Waals surface area contributed by atoms with E-state index >= 15 is 0 Å². The van der Waals surface area contributed by atoms with Crippen LogP contribution in [0.5, 0.6) is 0 Å². The van der Waals surface area contributed by atoms with Gasteiger partial charge in [0, 0.05) is 24.2 Å². The lowest BCUT2D eigenvalue weighted by molar-refractivity contribution is -0.147. The molecule has 5 aliphatic rings. The van der Waals surface area contributed by atoms with Crippen LogP contribution in [-0.2, 0) is 14.3 Å². The summed E-state index contributed by atoms with van der Waals surface area (Å²) >= 11 is 0.